The largest absolute Gasteiger partial charge is 0.492 e. The van der Waals surface area contributed by atoms with Crippen molar-refractivity contribution in [3.8, 4) is 5.75 Å². The summed E-state index contributed by atoms with van der Waals surface area (Å²) in [5.74, 6) is 2.83. The number of rotatable bonds is 6. The van der Waals surface area contributed by atoms with E-state index in [1.165, 1.54) is 30.6 Å². The molecular formula is C29H36N2O3S. The van der Waals surface area contributed by atoms with Crippen LogP contribution in [0.15, 0.2) is 24.3 Å². The Morgan fingerprint density at radius 1 is 0.971 bits per heavy atom. The first-order chi connectivity index (χ1) is 17.0. The van der Waals surface area contributed by atoms with Crippen LogP contribution in [0.25, 0.3) is 0 Å². The zero-order chi connectivity index (χ0) is 24.0. The minimum Gasteiger partial charge on any atom is -0.492 e. The Morgan fingerprint density at radius 2 is 1.66 bits per heavy atom. The van der Waals surface area contributed by atoms with Gasteiger partial charge in [-0.05, 0) is 107 Å². The van der Waals surface area contributed by atoms with E-state index in [1.54, 1.807) is 11.3 Å². The van der Waals surface area contributed by atoms with Crippen molar-refractivity contribution in [3.05, 3.63) is 40.3 Å². The highest BCUT2D eigenvalue weighted by molar-refractivity contribution is 7.17. The molecule has 4 fully saturated rings. The van der Waals surface area contributed by atoms with Gasteiger partial charge in [-0.15, -0.1) is 11.3 Å². The Morgan fingerprint density at radius 3 is 2.37 bits per heavy atom. The minimum atomic E-state index is -0.231. The van der Waals surface area contributed by atoms with Crippen LogP contribution in [0.4, 0.5) is 10.7 Å². The molecule has 2 N–H and O–H groups in total. The molecule has 0 aliphatic heterocycles. The normalized spacial score (nSPS) is 28.8. The van der Waals surface area contributed by atoms with Crippen LogP contribution >= 0.6 is 11.3 Å². The van der Waals surface area contributed by atoms with Crippen LogP contribution in [0.3, 0.4) is 0 Å². The summed E-state index contributed by atoms with van der Waals surface area (Å²) in [6, 6.07) is 7.57. The van der Waals surface area contributed by atoms with E-state index in [-0.39, 0.29) is 17.2 Å². The fraction of sp³-hybridized carbons (Fsp3) is 0.586. The molecule has 0 saturated heterocycles. The van der Waals surface area contributed by atoms with Crippen LogP contribution in [0.5, 0.6) is 5.75 Å². The zero-order valence-corrected chi connectivity index (χ0v) is 21.5. The topological polar surface area (TPSA) is 67.4 Å². The molecule has 1 aromatic heterocycles. The van der Waals surface area contributed by atoms with Crippen LogP contribution in [0.1, 0.15) is 85.5 Å². The highest BCUT2D eigenvalue weighted by Crippen LogP contribution is 2.60. The third-order valence-corrected chi connectivity index (χ3v) is 10.0. The summed E-state index contributed by atoms with van der Waals surface area (Å²) in [6.45, 7) is 2.47. The molecule has 0 spiro atoms. The van der Waals surface area contributed by atoms with Gasteiger partial charge >= 0.3 is 0 Å². The van der Waals surface area contributed by atoms with E-state index in [4.69, 9.17) is 4.74 Å². The average Bonchev–Trinajstić information content (AvgIpc) is 3.00. The maximum Gasteiger partial charge on any atom is 0.259 e. The molecule has 186 valence electrons. The fourth-order valence-corrected chi connectivity index (χ4v) is 9.01. The summed E-state index contributed by atoms with van der Waals surface area (Å²) in [4.78, 5) is 28.9. The van der Waals surface area contributed by atoms with Crippen molar-refractivity contribution in [2.75, 3.05) is 17.2 Å². The molecule has 6 heteroatoms. The average molecular weight is 493 g/mol. The molecule has 5 aliphatic rings. The van der Waals surface area contributed by atoms with E-state index in [9.17, 15) is 9.59 Å². The number of anilines is 2. The smallest absolute Gasteiger partial charge is 0.259 e. The van der Waals surface area contributed by atoms with Gasteiger partial charge in [0, 0.05) is 4.88 Å². The van der Waals surface area contributed by atoms with E-state index in [0.717, 1.165) is 55.5 Å². The van der Waals surface area contributed by atoms with Gasteiger partial charge in [-0.2, -0.15) is 0 Å². The number of fused-ring (bicyclic) bond motifs is 1. The van der Waals surface area contributed by atoms with Crippen LogP contribution in [-0.4, -0.2) is 18.4 Å². The summed E-state index contributed by atoms with van der Waals surface area (Å²) in [6.07, 6.45) is 12.3. The maximum atomic E-state index is 13.9. The van der Waals surface area contributed by atoms with Gasteiger partial charge in [0.2, 0.25) is 5.91 Å². The van der Waals surface area contributed by atoms with Crippen molar-refractivity contribution in [1.29, 1.82) is 0 Å². The van der Waals surface area contributed by atoms with Crippen LogP contribution in [0.2, 0.25) is 0 Å². The standard InChI is InChI=1S/C29H36N2O3S/c1-2-34-23-10-7-6-9-22(23)30-26(32)25-21-8-4-3-5-11-24(21)35-27(25)31-28(33)29-15-18-12-19(16-29)14-20(13-18)17-29/h6-7,9-10,18-20H,2-5,8,11-17H2,1H3,(H,30,32)(H,31,33). The lowest BCUT2D eigenvalue weighted by Gasteiger charge is -2.55. The number of amides is 2. The van der Waals surface area contributed by atoms with Gasteiger partial charge in [-0.3, -0.25) is 9.59 Å². The molecule has 35 heavy (non-hydrogen) atoms. The van der Waals surface area contributed by atoms with Gasteiger partial charge in [0.15, 0.2) is 0 Å². The molecule has 1 heterocycles. The second-order valence-electron chi connectivity index (χ2n) is 11.3. The molecule has 4 bridgehead atoms. The van der Waals surface area contributed by atoms with E-state index < -0.39 is 0 Å². The van der Waals surface area contributed by atoms with Crippen LogP contribution in [0, 0.1) is 23.2 Å². The second-order valence-corrected chi connectivity index (χ2v) is 12.4. The molecule has 2 amide bonds. The number of carbonyl (C=O) groups is 2. The third kappa shape index (κ3) is 4.28. The Hall–Kier alpha value is -2.34. The number of thiophene rings is 1. The van der Waals surface area contributed by atoms with Gasteiger partial charge in [-0.1, -0.05) is 18.6 Å². The molecule has 4 saturated carbocycles. The Balaban J connectivity index is 1.31. The number of hydrogen-bond acceptors (Lipinski definition) is 4. The van der Waals surface area contributed by atoms with Crippen molar-refractivity contribution < 1.29 is 14.3 Å². The van der Waals surface area contributed by atoms with Gasteiger partial charge in [0.25, 0.3) is 5.91 Å². The first-order valence-corrected chi connectivity index (χ1v) is 14.4. The summed E-state index contributed by atoms with van der Waals surface area (Å²) in [5, 5.41) is 7.20. The Bertz CT molecular complexity index is 1100. The fourth-order valence-electron chi connectivity index (χ4n) is 7.73. The molecule has 5 aliphatic carbocycles. The summed E-state index contributed by atoms with van der Waals surface area (Å²) < 4.78 is 5.74. The first-order valence-electron chi connectivity index (χ1n) is 13.5. The zero-order valence-electron chi connectivity index (χ0n) is 20.7. The number of benzene rings is 1. The van der Waals surface area contributed by atoms with Crippen molar-refractivity contribution >= 4 is 33.8 Å². The summed E-state index contributed by atoms with van der Waals surface area (Å²) in [7, 11) is 0. The number of nitrogens with one attached hydrogen (secondary N) is 2. The predicted molar refractivity (Wildman–Crippen MR) is 140 cm³/mol. The number of aryl methyl sites for hydroxylation is 1. The van der Waals surface area contributed by atoms with Crippen molar-refractivity contribution in [1.82, 2.24) is 0 Å². The van der Waals surface area contributed by atoms with Gasteiger partial charge < -0.3 is 15.4 Å². The molecule has 0 radical (unpaired) electrons. The quantitative estimate of drug-likeness (QED) is 0.435. The molecule has 0 atom stereocenters. The van der Waals surface area contributed by atoms with E-state index in [0.29, 0.717) is 41.4 Å². The van der Waals surface area contributed by atoms with Gasteiger partial charge in [0.1, 0.15) is 10.8 Å². The highest BCUT2D eigenvalue weighted by Gasteiger charge is 2.54. The number of carbonyl (C=O) groups excluding carboxylic acids is 2. The maximum absolute atomic E-state index is 13.9. The summed E-state index contributed by atoms with van der Waals surface area (Å²) in [5.41, 5.74) is 2.26. The van der Waals surface area contributed by atoms with E-state index >= 15 is 0 Å². The second kappa shape index (κ2) is 9.27. The lowest BCUT2D eigenvalue weighted by Crippen LogP contribution is -2.51. The van der Waals surface area contributed by atoms with Crippen molar-refractivity contribution in [3.63, 3.8) is 0 Å². The lowest BCUT2D eigenvalue weighted by atomic mass is 9.49. The molecule has 0 unspecified atom stereocenters. The van der Waals surface area contributed by atoms with E-state index in [2.05, 4.69) is 10.6 Å². The number of para-hydroxylation sites is 2. The summed E-state index contributed by atoms with van der Waals surface area (Å²) >= 11 is 1.64. The van der Waals surface area contributed by atoms with Crippen LogP contribution < -0.4 is 15.4 Å². The molecule has 2 aromatic rings. The SMILES string of the molecule is CCOc1ccccc1NC(=O)c1c(NC(=O)C23CC4CC(CC(C4)C2)C3)sc2c1CCCCC2. The molecule has 1 aromatic carbocycles. The molecule has 7 rings (SSSR count). The number of hydrogen-bond donors (Lipinski definition) is 2. The third-order valence-electron chi connectivity index (χ3n) is 8.83. The Labute approximate surface area is 212 Å². The molecule has 5 nitrogen and oxygen atoms in total. The Kier molecular flexibility index (Phi) is 6.11. The van der Waals surface area contributed by atoms with Gasteiger partial charge in [-0.25, -0.2) is 0 Å². The van der Waals surface area contributed by atoms with Crippen LogP contribution in [-0.2, 0) is 17.6 Å². The highest BCUT2D eigenvalue weighted by atomic mass is 32.1. The lowest BCUT2D eigenvalue weighted by molar-refractivity contribution is -0.140. The number of ether oxygens (including phenoxy) is 1. The van der Waals surface area contributed by atoms with E-state index in [1.807, 2.05) is 31.2 Å². The van der Waals surface area contributed by atoms with Crippen molar-refractivity contribution in [2.45, 2.75) is 77.6 Å². The monoisotopic (exact) mass is 492 g/mol. The van der Waals surface area contributed by atoms with Crippen molar-refractivity contribution in [2.24, 2.45) is 23.2 Å². The molecular weight excluding hydrogens is 456 g/mol. The van der Waals surface area contributed by atoms with Gasteiger partial charge in [0.05, 0.1) is 23.3 Å². The first kappa shape index (κ1) is 23.1. The predicted octanol–water partition coefficient (Wildman–Crippen LogP) is 6.82. The minimum absolute atomic E-state index is 0.141.